The second kappa shape index (κ2) is 3.87. The van der Waals surface area contributed by atoms with Gasteiger partial charge in [0.05, 0.1) is 11.5 Å². The third-order valence-corrected chi connectivity index (χ3v) is 4.00. The Morgan fingerprint density at radius 2 is 2.14 bits per heavy atom. The Labute approximate surface area is 88.4 Å². The van der Waals surface area contributed by atoms with E-state index in [1.165, 1.54) is 0 Å². The number of rotatable bonds is 2. The molecule has 0 radical (unpaired) electrons. The van der Waals surface area contributed by atoms with E-state index >= 15 is 0 Å². The zero-order chi connectivity index (χ0) is 10.1. The van der Waals surface area contributed by atoms with E-state index in [1.807, 2.05) is 0 Å². The van der Waals surface area contributed by atoms with Crippen LogP contribution in [-0.2, 0) is 6.61 Å². The number of hydrogen-bond donors (Lipinski definition) is 1. The first-order valence-electron chi connectivity index (χ1n) is 5.01. The van der Waals surface area contributed by atoms with Crippen molar-refractivity contribution in [2.75, 3.05) is 18.0 Å². The Morgan fingerprint density at radius 3 is 2.64 bits per heavy atom. The summed E-state index contributed by atoms with van der Waals surface area (Å²) >= 11 is 1.60. The molecular formula is C10H16N2OS. The van der Waals surface area contributed by atoms with Crippen molar-refractivity contribution in [3.63, 3.8) is 0 Å². The molecule has 1 aliphatic heterocycles. The molecule has 4 heteroatoms. The quantitative estimate of drug-likeness (QED) is 0.811. The number of anilines is 1. The molecular weight excluding hydrogens is 196 g/mol. The Bertz CT molecular complexity index is 303. The highest BCUT2D eigenvalue weighted by Gasteiger charge is 2.27. The van der Waals surface area contributed by atoms with Crippen LogP contribution in [0.5, 0.6) is 0 Å². The van der Waals surface area contributed by atoms with Crippen LogP contribution in [0.1, 0.15) is 18.7 Å². The average Bonchev–Trinajstić information content (AvgIpc) is 2.74. The van der Waals surface area contributed by atoms with E-state index in [9.17, 15) is 0 Å². The molecule has 2 atom stereocenters. The minimum atomic E-state index is 0.108. The van der Waals surface area contributed by atoms with E-state index in [-0.39, 0.29) is 6.61 Å². The zero-order valence-electron chi connectivity index (χ0n) is 8.60. The highest BCUT2D eigenvalue weighted by molar-refractivity contribution is 7.15. The minimum absolute atomic E-state index is 0.108. The third-order valence-electron chi connectivity index (χ3n) is 2.96. The summed E-state index contributed by atoms with van der Waals surface area (Å²) in [6.07, 6.45) is 1.77. The molecule has 0 spiro atoms. The molecule has 2 heterocycles. The maximum atomic E-state index is 8.95. The third kappa shape index (κ3) is 1.77. The standard InChI is InChI=1S/C10H16N2OS/c1-7-4-12(5-8(7)2)10-11-3-9(6-13)14-10/h3,7-8,13H,4-6H2,1-2H3. The van der Waals surface area contributed by atoms with Crippen molar-refractivity contribution in [1.82, 2.24) is 4.98 Å². The van der Waals surface area contributed by atoms with Gasteiger partial charge in [0.15, 0.2) is 5.13 Å². The Morgan fingerprint density at radius 1 is 1.50 bits per heavy atom. The molecule has 14 heavy (non-hydrogen) atoms. The van der Waals surface area contributed by atoms with Gasteiger partial charge in [-0.3, -0.25) is 0 Å². The van der Waals surface area contributed by atoms with Gasteiger partial charge in [-0.05, 0) is 11.8 Å². The van der Waals surface area contributed by atoms with E-state index in [0.29, 0.717) is 0 Å². The second-order valence-corrected chi connectivity index (χ2v) is 5.22. The van der Waals surface area contributed by atoms with Gasteiger partial charge < -0.3 is 10.0 Å². The van der Waals surface area contributed by atoms with Crippen molar-refractivity contribution < 1.29 is 5.11 Å². The van der Waals surface area contributed by atoms with Crippen molar-refractivity contribution in [3.8, 4) is 0 Å². The van der Waals surface area contributed by atoms with Crippen LogP contribution in [0.25, 0.3) is 0 Å². The molecule has 78 valence electrons. The molecule has 0 bridgehead atoms. The summed E-state index contributed by atoms with van der Waals surface area (Å²) in [5.74, 6) is 1.49. The topological polar surface area (TPSA) is 36.4 Å². The van der Waals surface area contributed by atoms with Crippen LogP contribution in [-0.4, -0.2) is 23.2 Å². The summed E-state index contributed by atoms with van der Waals surface area (Å²) in [6.45, 7) is 6.87. The largest absolute Gasteiger partial charge is 0.391 e. The van der Waals surface area contributed by atoms with E-state index in [1.54, 1.807) is 17.5 Å². The molecule has 0 aliphatic carbocycles. The molecule has 0 saturated carbocycles. The van der Waals surface area contributed by atoms with Crippen molar-refractivity contribution in [2.45, 2.75) is 20.5 Å². The summed E-state index contributed by atoms with van der Waals surface area (Å²) in [7, 11) is 0. The number of nitrogens with zero attached hydrogens (tertiary/aromatic N) is 2. The maximum absolute atomic E-state index is 8.95. The van der Waals surface area contributed by atoms with Crippen LogP contribution in [0, 0.1) is 11.8 Å². The monoisotopic (exact) mass is 212 g/mol. The van der Waals surface area contributed by atoms with Gasteiger partial charge in [0, 0.05) is 19.3 Å². The second-order valence-electron chi connectivity index (χ2n) is 4.13. The van der Waals surface area contributed by atoms with Gasteiger partial charge in [-0.1, -0.05) is 25.2 Å². The summed E-state index contributed by atoms with van der Waals surface area (Å²) in [5.41, 5.74) is 0. The zero-order valence-corrected chi connectivity index (χ0v) is 9.42. The van der Waals surface area contributed by atoms with Gasteiger partial charge in [-0.25, -0.2) is 4.98 Å². The summed E-state index contributed by atoms with van der Waals surface area (Å²) in [6, 6.07) is 0. The molecule has 1 saturated heterocycles. The summed E-state index contributed by atoms with van der Waals surface area (Å²) in [5, 5.41) is 10.0. The first kappa shape index (κ1) is 9.93. The lowest BCUT2D eigenvalue weighted by molar-refractivity contribution is 0.285. The molecule has 1 aromatic heterocycles. The molecule has 0 aromatic carbocycles. The van der Waals surface area contributed by atoms with E-state index in [4.69, 9.17) is 5.11 Å². The average molecular weight is 212 g/mol. The van der Waals surface area contributed by atoms with Gasteiger partial charge >= 0.3 is 0 Å². The lowest BCUT2D eigenvalue weighted by atomic mass is 10.0. The summed E-state index contributed by atoms with van der Waals surface area (Å²) < 4.78 is 0. The Kier molecular flexibility index (Phi) is 2.74. The molecule has 3 nitrogen and oxygen atoms in total. The van der Waals surface area contributed by atoms with Crippen LogP contribution in [0.4, 0.5) is 5.13 Å². The molecule has 1 aromatic rings. The predicted octanol–water partition coefficient (Wildman–Crippen LogP) is 1.73. The fourth-order valence-electron chi connectivity index (χ4n) is 1.80. The maximum Gasteiger partial charge on any atom is 0.185 e. The Hall–Kier alpha value is -0.610. The summed E-state index contributed by atoms with van der Waals surface area (Å²) in [4.78, 5) is 7.59. The normalized spacial score (nSPS) is 27.2. The Balaban J connectivity index is 2.09. The molecule has 0 amide bonds. The van der Waals surface area contributed by atoms with Crippen LogP contribution in [0.2, 0.25) is 0 Å². The van der Waals surface area contributed by atoms with Crippen LogP contribution in [0.3, 0.4) is 0 Å². The molecule has 1 aliphatic rings. The SMILES string of the molecule is CC1CN(c2ncc(CO)s2)CC1C. The number of aliphatic hydroxyl groups is 1. The molecule has 1 N–H and O–H groups in total. The van der Waals surface area contributed by atoms with E-state index in [2.05, 4.69) is 23.7 Å². The van der Waals surface area contributed by atoms with Crippen molar-refractivity contribution in [1.29, 1.82) is 0 Å². The van der Waals surface area contributed by atoms with Gasteiger partial charge in [0.2, 0.25) is 0 Å². The van der Waals surface area contributed by atoms with Crippen molar-refractivity contribution in [3.05, 3.63) is 11.1 Å². The number of aromatic nitrogens is 1. The minimum Gasteiger partial charge on any atom is -0.391 e. The lowest BCUT2D eigenvalue weighted by Gasteiger charge is -2.13. The van der Waals surface area contributed by atoms with Gasteiger partial charge in [0.25, 0.3) is 0 Å². The number of aliphatic hydroxyl groups excluding tert-OH is 1. The smallest absolute Gasteiger partial charge is 0.185 e. The predicted molar refractivity (Wildman–Crippen MR) is 58.6 cm³/mol. The molecule has 1 fully saturated rings. The fourth-order valence-corrected chi connectivity index (χ4v) is 2.59. The van der Waals surface area contributed by atoms with Gasteiger partial charge in [0.1, 0.15) is 0 Å². The molecule has 2 unspecified atom stereocenters. The van der Waals surface area contributed by atoms with Crippen molar-refractivity contribution in [2.24, 2.45) is 11.8 Å². The van der Waals surface area contributed by atoms with E-state index < -0.39 is 0 Å². The molecule has 2 rings (SSSR count). The first-order valence-corrected chi connectivity index (χ1v) is 5.83. The van der Waals surface area contributed by atoms with Gasteiger partial charge in [-0.2, -0.15) is 0 Å². The highest BCUT2D eigenvalue weighted by atomic mass is 32.1. The van der Waals surface area contributed by atoms with E-state index in [0.717, 1.165) is 34.9 Å². The lowest BCUT2D eigenvalue weighted by Crippen LogP contribution is -2.18. The fraction of sp³-hybridized carbons (Fsp3) is 0.700. The van der Waals surface area contributed by atoms with Crippen molar-refractivity contribution >= 4 is 16.5 Å². The van der Waals surface area contributed by atoms with Crippen LogP contribution < -0.4 is 4.90 Å². The van der Waals surface area contributed by atoms with Crippen LogP contribution in [0.15, 0.2) is 6.20 Å². The number of thiazole rings is 1. The van der Waals surface area contributed by atoms with Crippen LogP contribution >= 0.6 is 11.3 Å². The van der Waals surface area contributed by atoms with Gasteiger partial charge in [-0.15, -0.1) is 0 Å². The highest BCUT2D eigenvalue weighted by Crippen LogP contribution is 2.30. The number of hydrogen-bond acceptors (Lipinski definition) is 4. The first-order chi connectivity index (χ1) is 6.70.